The summed E-state index contributed by atoms with van der Waals surface area (Å²) in [5, 5.41) is 0. The van der Waals surface area contributed by atoms with Crippen LogP contribution in [-0.2, 0) is 21.2 Å². The normalized spacial score (nSPS) is 14.8. The SMILES string of the molecule is CCc1ncnc(N2CCOCC2)c1-c1cnc(OC)c(NS(=O)(=O)CC)c1. The van der Waals surface area contributed by atoms with Gasteiger partial charge in [0.25, 0.3) is 0 Å². The Balaban J connectivity index is 2.12. The molecule has 1 N–H and O–H groups in total. The summed E-state index contributed by atoms with van der Waals surface area (Å²) in [6, 6.07) is 1.72. The van der Waals surface area contributed by atoms with Crippen LogP contribution in [0.1, 0.15) is 19.5 Å². The zero-order chi connectivity index (χ0) is 20.1. The third-order valence-electron chi connectivity index (χ3n) is 4.53. The Kier molecular flexibility index (Phi) is 6.30. The molecule has 0 unspecified atom stereocenters. The molecule has 0 radical (unpaired) electrons. The fourth-order valence-electron chi connectivity index (χ4n) is 3.05. The van der Waals surface area contributed by atoms with E-state index in [1.54, 1.807) is 25.5 Å². The zero-order valence-corrected chi connectivity index (χ0v) is 17.1. The highest BCUT2D eigenvalue weighted by atomic mass is 32.2. The number of hydrogen-bond acceptors (Lipinski definition) is 8. The van der Waals surface area contributed by atoms with Gasteiger partial charge < -0.3 is 14.4 Å². The lowest BCUT2D eigenvalue weighted by molar-refractivity contribution is 0.122. The molecule has 0 bridgehead atoms. The van der Waals surface area contributed by atoms with Gasteiger partial charge >= 0.3 is 0 Å². The molecule has 3 heterocycles. The largest absolute Gasteiger partial charge is 0.480 e. The number of nitrogens with zero attached hydrogens (tertiary/aromatic N) is 4. The van der Waals surface area contributed by atoms with Crippen LogP contribution in [0.4, 0.5) is 11.5 Å². The molecule has 0 spiro atoms. The van der Waals surface area contributed by atoms with Crippen molar-refractivity contribution in [2.45, 2.75) is 20.3 Å². The van der Waals surface area contributed by atoms with E-state index >= 15 is 0 Å². The molecule has 2 aromatic heterocycles. The van der Waals surface area contributed by atoms with Gasteiger partial charge in [0.2, 0.25) is 15.9 Å². The van der Waals surface area contributed by atoms with Crippen LogP contribution in [0.25, 0.3) is 11.1 Å². The summed E-state index contributed by atoms with van der Waals surface area (Å²) in [6.45, 7) is 6.31. The van der Waals surface area contributed by atoms with E-state index in [-0.39, 0.29) is 11.6 Å². The van der Waals surface area contributed by atoms with Crippen molar-refractivity contribution < 1.29 is 17.9 Å². The first-order chi connectivity index (χ1) is 13.5. The van der Waals surface area contributed by atoms with Crippen molar-refractivity contribution in [1.29, 1.82) is 0 Å². The molecule has 0 saturated carbocycles. The van der Waals surface area contributed by atoms with Gasteiger partial charge in [0, 0.05) is 30.4 Å². The van der Waals surface area contributed by atoms with Gasteiger partial charge in [-0.05, 0) is 19.4 Å². The molecule has 1 aliphatic heterocycles. The van der Waals surface area contributed by atoms with Crippen molar-refractivity contribution in [2.24, 2.45) is 0 Å². The van der Waals surface area contributed by atoms with Gasteiger partial charge in [-0.1, -0.05) is 6.92 Å². The van der Waals surface area contributed by atoms with Crippen molar-refractivity contribution in [3.8, 4) is 17.0 Å². The fraction of sp³-hybridized carbons (Fsp3) is 0.500. The predicted molar refractivity (Wildman–Crippen MR) is 107 cm³/mol. The maximum absolute atomic E-state index is 12.1. The smallest absolute Gasteiger partial charge is 0.238 e. The number of hydrogen-bond donors (Lipinski definition) is 1. The van der Waals surface area contributed by atoms with E-state index in [0.717, 1.165) is 35.7 Å². The molecule has 3 rings (SSSR count). The van der Waals surface area contributed by atoms with Crippen LogP contribution in [0.2, 0.25) is 0 Å². The molecular weight excluding hydrogens is 382 g/mol. The van der Waals surface area contributed by atoms with Crippen LogP contribution in [-0.4, -0.2) is 62.5 Å². The topological polar surface area (TPSA) is 107 Å². The van der Waals surface area contributed by atoms with Crippen LogP contribution in [0, 0.1) is 0 Å². The molecule has 152 valence electrons. The molecule has 0 aliphatic carbocycles. The number of rotatable bonds is 7. The molecule has 0 amide bonds. The Bertz CT molecular complexity index is 930. The van der Waals surface area contributed by atoms with Crippen molar-refractivity contribution in [2.75, 3.05) is 48.8 Å². The summed E-state index contributed by atoms with van der Waals surface area (Å²) in [6.07, 6.45) is 3.92. The van der Waals surface area contributed by atoms with E-state index in [1.807, 2.05) is 6.92 Å². The molecule has 1 aliphatic rings. The minimum Gasteiger partial charge on any atom is -0.480 e. The number of morpholine rings is 1. The molecule has 28 heavy (non-hydrogen) atoms. The Labute approximate surface area is 165 Å². The molecule has 0 atom stereocenters. The van der Waals surface area contributed by atoms with E-state index in [4.69, 9.17) is 9.47 Å². The molecule has 2 aromatic rings. The predicted octanol–water partition coefficient (Wildman–Crippen LogP) is 1.71. The van der Waals surface area contributed by atoms with Crippen LogP contribution >= 0.6 is 0 Å². The van der Waals surface area contributed by atoms with Crippen LogP contribution in [0.3, 0.4) is 0 Å². The minimum absolute atomic E-state index is 0.0476. The summed E-state index contributed by atoms with van der Waals surface area (Å²) in [5.74, 6) is 0.962. The minimum atomic E-state index is -3.48. The van der Waals surface area contributed by atoms with Gasteiger partial charge in [-0.15, -0.1) is 0 Å². The summed E-state index contributed by atoms with van der Waals surface area (Å²) in [4.78, 5) is 15.4. The van der Waals surface area contributed by atoms with Crippen LogP contribution in [0.15, 0.2) is 18.6 Å². The number of pyridine rings is 1. The standard InChI is InChI=1S/C18H25N5O4S/c1-4-14-16(17(21-12-20-14)23-6-8-27-9-7-23)13-10-15(18(26-3)19-11-13)22-28(24,25)5-2/h10-12,22H,4-9H2,1-3H3. The first-order valence-electron chi connectivity index (χ1n) is 9.20. The van der Waals surface area contributed by atoms with Gasteiger partial charge in [-0.2, -0.15) is 0 Å². The number of sulfonamides is 1. The van der Waals surface area contributed by atoms with Gasteiger partial charge in [-0.3, -0.25) is 4.72 Å². The average molecular weight is 407 g/mol. The molecule has 0 aromatic carbocycles. The Morgan fingerprint density at radius 3 is 2.61 bits per heavy atom. The van der Waals surface area contributed by atoms with Crippen LogP contribution in [0.5, 0.6) is 5.88 Å². The van der Waals surface area contributed by atoms with Gasteiger partial charge in [0.05, 0.1) is 31.8 Å². The van der Waals surface area contributed by atoms with Gasteiger partial charge in [0.15, 0.2) is 0 Å². The monoisotopic (exact) mass is 407 g/mol. The van der Waals surface area contributed by atoms with Crippen molar-refractivity contribution in [3.05, 3.63) is 24.3 Å². The number of methoxy groups -OCH3 is 1. The number of ether oxygens (including phenoxy) is 2. The number of aromatic nitrogens is 3. The molecule has 1 fully saturated rings. The Morgan fingerprint density at radius 2 is 1.96 bits per heavy atom. The van der Waals surface area contributed by atoms with E-state index in [0.29, 0.717) is 25.3 Å². The summed E-state index contributed by atoms with van der Waals surface area (Å²) in [5.41, 5.74) is 2.74. The molecule has 10 heteroatoms. The van der Waals surface area contributed by atoms with Crippen molar-refractivity contribution in [1.82, 2.24) is 15.0 Å². The second kappa shape index (κ2) is 8.70. The molecule has 9 nitrogen and oxygen atoms in total. The molecule has 1 saturated heterocycles. The summed E-state index contributed by atoms with van der Waals surface area (Å²) >= 11 is 0. The Morgan fingerprint density at radius 1 is 1.21 bits per heavy atom. The third kappa shape index (κ3) is 4.33. The first-order valence-corrected chi connectivity index (χ1v) is 10.9. The van der Waals surface area contributed by atoms with Gasteiger partial charge in [-0.25, -0.2) is 23.4 Å². The van der Waals surface area contributed by atoms with Crippen molar-refractivity contribution in [3.63, 3.8) is 0 Å². The summed E-state index contributed by atoms with van der Waals surface area (Å²) in [7, 11) is -2.03. The molecular formula is C18H25N5O4S. The summed E-state index contributed by atoms with van der Waals surface area (Å²) < 4.78 is 37.4. The van der Waals surface area contributed by atoms with E-state index in [9.17, 15) is 8.42 Å². The highest BCUT2D eigenvalue weighted by molar-refractivity contribution is 7.92. The second-order valence-corrected chi connectivity index (χ2v) is 8.27. The third-order valence-corrected chi connectivity index (χ3v) is 5.82. The highest BCUT2D eigenvalue weighted by Gasteiger charge is 2.22. The lowest BCUT2D eigenvalue weighted by atomic mass is 10.0. The average Bonchev–Trinajstić information content (AvgIpc) is 2.73. The van der Waals surface area contributed by atoms with Gasteiger partial charge in [0.1, 0.15) is 17.8 Å². The van der Waals surface area contributed by atoms with E-state index < -0.39 is 10.0 Å². The number of aryl methyl sites for hydroxylation is 1. The Hall–Kier alpha value is -2.46. The van der Waals surface area contributed by atoms with Crippen molar-refractivity contribution >= 4 is 21.5 Å². The number of anilines is 2. The number of nitrogens with one attached hydrogen (secondary N) is 1. The van der Waals surface area contributed by atoms with E-state index in [1.165, 1.54) is 7.11 Å². The highest BCUT2D eigenvalue weighted by Crippen LogP contribution is 2.35. The first kappa shape index (κ1) is 20.3. The lowest BCUT2D eigenvalue weighted by Crippen LogP contribution is -2.37. The van der Waals surface area contributed by atoms with E-state index in [2.05, 4.69) is 24.6 Å². The maximum Gasteiger partial charge on any atom is 0.238 e. The zero-order valence-electron chi connectivity index (χ0n) is 16.3. The lowest BCUT2D eigenvalue weighted by Gasteiger charge is -2.30. The quantitative estimate of drug-likeness (QED) is 0.739. The van der Waals surface area contributed by atoms with Crippen LogP contribution < -0.4 is 14.4 Å². The second-order valence-electron chi connectivity index (χ2n) is 6.26. The maximum atomic E-state index is 12.1. The fourth-order valence-corrected chi connectivity index (χ4v) is 3.68.